The number of aromatic amines is 1. The highest BCUT2D eigenvalue weighted by atomic mass is 35.5. The number of hydrogen-bond donors (Lipinski definition) is 4. The molecule has 1 atom stereocenters. The maximum absolute atomic E-state index is 12.3. The molecular formula is C18H15Cl2N3O4. The molecule has 0 bridgehead atoms. The van der Waals surface area contributed by atoms with Gasteiger partial charge in [-0.05, 0) is 42.3 Å². The second kappa shape index (κ2) is 7.96. The summed E-state index contributed by atoms with van der Waals surface area (Å²) in [5.41, 5.74) is 1.29. The van der Waals surface area contributed by atoms with Crippen molar-refractivity contribution < 1.29 is 19.8 Å². The summed E-state index contributed by atoms with van der Waals surface area (Å²) in [6.45, 7) is 0.218. The maximum atomic E-state index is 12.3. The second-order valence-electron chi connectivity index (χ2n) is 5.87. The number of nitrogens with zero attached hydrogens (tertiary/aromatic N) is 1. The zero-order valence-electron chi connectivity index (χ0n) is 13.9. The number of carboxylic acid groups (broad SMARTS) is 1. The number of aromatic carboxylic acids is 1. The van der Waals surface area contributed by atoms with Crippen LogP contribution >= 0.6 is 23.2 Å². The van der Waals surface area contributed by atoms with E-state index in [2.05, 4.69) is 15.5 Å². The number of fused-ring (bicyclic) bond motifs is 1. The molecule has 2 aromatic carbocycles. The summed E-state index contributed by atoms with van der Waals surface area (Å²) >= 11 is 11.8. The van der Waals surface area contributed by atoms with Crippen molar-refractivity contribution in [3.05, 3.63) is 63.3 Å². The van der Waals surface area contributed by atoms with Crippen LogP contribution in [0, 0.1) is 0 Å². The van der Waals surface area contributed by atoms with Gasteiger partial charge in [-0.1, -0.05) is 29.3 Å². The zero-order chi connectivity index (χ0) is 19.6. The number of aliphatic hydroxyl groups is 1. The Hall–Kier alpha value is -2.61. The van der Waals surface area contributed by atoms with Crippen LogP contribution in [-0.2, 0) is 0 Å². The predicted octanol–water partition coefficient (Wildman–Crippen LogP) is 3.42. The van der Waals surface area contributed by atoms with Gasteiger partial charge in [0.1, 0.15) is 0 Å². The number of hydrogen-bond acceptors (Lipinski definition) is 4. The number of carbonyl (C=O) groups excluding carboxylic acids is 1. The molecule has 0 aliphatic rings. The van der Waals surface area contributed by atoms with Gasteiger partial charge in [0.25, 0.3) is 5.91 Å². The van der Waals surface area contributed by atoms with Gasteiger partial charge in [0.15, 0.2) is 5.69 Å². The van der Waals surface area contributed by atoms with Crippen LogP contribution in [-0.4, -0.2) is 38.8 Å². The molecule has 9 heteroatoms. The third-order valence-corrected chi connectivity index (χ3v) is 4.80. The minimum absolute atomic E-state index is 0.144. The van der Waals surface area contributed by atoms with Crippen LogP contribution in [0.5, 0.6) is 0 Å². The van der Waals surface area contributed by atoms with Crippen molar-refractivity contribution in [2.24, 2.45) is 0 Å². The highest BCUT2D eigenvalue weighted by Crippen LogP contribution is 2.26. The average Bonchev–Trinajstić information content (AvgIpc) is 3.07. The van der Waals surface area contributed by atoms with Crippen LogP contribution in [0.25, 0.3) is 10.9 Å². The summed E-state index contributed by atoms with van der Waals surface area (Å²) in [7, 11) is 0. The standard InChI is InChI=1S/C18H15Cl2N3O4/c19-12-3-1-9(8-13(12)20)15(24)5-6-21-17(25)10-2-4-14-11(7-10)16(18(26)27)23-22-14/h1-4,7-8,15,24H,5-6H2,(H,21,25)(H,22,23)(H,26,27). The van der Waals surface area contributed by atoms with E-state index in [9.17, 15) is 14.7 Å². The van der Waals surface area contributed by atoms with Crippen LogP contribution in [0.1, 0.15) is 38.9 Å². The molecule has 1 heterocycles. The molecule has 0 radical (unpaired) electrons. The Kier molecular flexibility index (Phi) is 5.65. The van der Waals surface area contributed by atoms with E-state index in [1.54, 1.807) is 30.3 Å². The first-order chi connectivity index (χ1) is 12.9. The van der Waals surface area contributed by atoms with Crippen molar-refractivity contribution >= 4 is 46.0 Å². The summed E-state index contributed by atoms with van der Waals surface area (Å²) in [5.74, 6) is -1.56. The lowest BCUT2D eigenvalue weighted by atomic mass is 10.1. The quantitative estimate of drug-likeness (QED) is 0.499. The summed E-state index contributed by atoms with van der Waals surface area (Å²) < 4.78 is 0. The zero-order valence-corrected chi connectivity index (χ0v) is 15.4. The molecule has 4 N–H and O–H groups in total. The molecule has 1 aromatic heterocycles. The third kappa shape index (κ3) is 4.21. The lowest BCUT2D eigenvalue weighted by molar-refractivity contribution is 0.0692. The first-order valence-electron chi connectivity index (χ1n) is 7.99. The van der Waals surface area contributed by atoms with E-state index in [0.29, 0.717) is 32.1 Å². The largest absolute Gasteiger partial charge is 0.476 e. The Labute approximate surface area is 163 Å². The van der Waals surface area contributed by atoms with E-state index in [4.69, 9.17) is 28.3 Å². The topological polar surface area (TPSA) is 115 Å². The third-order valence-electron chi connectivity index (χ3n) is 4.06. The molecule has 140 valence electrons. The van der Waals surface area contributed by atoms with Crippen LogP contribution < -0.4 is 5.32 Å². The van der Waals surface area contributed by atoms with E-state index < -0.39 is 12.1 Å². The molecule has 1 amide bonds. The SMILES string of the molecule is O=C(NCCC(O)c1ccc(Cl)c(Cl)c1)c1ccc2[nH]nc(C(=O)O)c2c1. The number of benzene rings is 2. The molecular weight excluding hydrogens is 393 g/mol. The number of nitrogens with one attached hydrogen (secondary N) is 2. The number of halogens is 2. The molecule has 7 nitrogen and oxygen atoms in total. The first kappa shape index (κ1) is 19.2. The number of carbonyl (C=O) groups is 2. The van der Waals surface area contributed by atoms with Crippen molar-refractivity contribution in [1.82, 2.24) is 15.5 Å². The highest BCUT2D eigenvalue weighted by Gasteiger charge is 2.15. The number of aromatic nitrogens is 2. The van der Waals surface area contributed by atoms with Crippen molar-refractivity contribution in [3.8, 4) is 0 Å². The van der Waals surface area contributed by atoms with E-state index in [0.717, 1.165) is 0 Å². The number of rotatable bonds is 6. The Bertz CT molecular complexity index is 1020. The Morgan fingerprint density at radius 1 is 1.15 bits per heavy atom. The van der Waals surface area contributed by atoms with Crippen molar-refractivity contribution in [1.29, 1.82) is 0 Å². The van der Waals surface area contributed by atoms with Gasteiger partial charge in [-0.3, -0.25) is 9.89 Å². The van der Waals surface area contributed by atoms with Crippen molar-refractivity contribution in [2.75, 3.05) is 6.54 Å². The van der Waals surface area contributed by atoms with Crippen LogP contribution in [0.2, 0.25) is 10.0 Å². The summed E-state index contributed by atoms with van der Waals surface area (Å²) in [4.78, 5) is 23.5. The van der Waals surface area contributed by atoms with Gasteiger partial charge in [0.05, 0.1) is 21.7 Å². The van der Waals surface area contributed by atoms with Gasteiger partial charge in [-0.15, -0.1) is 0 Å². The molecule has 0 aliphatic heterocycles. The van der Waals surface area contributed by atoms with Crippen molar-refractivity contribution in [3.63, 3.8) is 0 Å². The van der Waals surface area contributed by atoms with Gasteiger partial charge < -0.3 is 15.5 Å². The summed E-state index contributed by atoms with van der Waals surface area (Å²) in [6.07, 6.45) is -0.534. The molecule has 1 unspecified atom stereocenters. The fraction of sp³-hybridized carbons (Fsp3) is 0.167. The minimum atomic E-state index is -1.18. The highest BCUT2D eigenvalue weighted by molar-refractivity contribution is 6.42. The van der Waals surface area contributed by atoms with E-state index in [1.165, 1.54) is 6.07 Å². The van der Waals surface area contributed by atoms with Gasteiger partial charge in [0, 0.05) is 17.5 Å². The molecule has 3 rings (SSSR count). The average molecular weight is 408 g/mol. The Morgan fingerprint density at radius 2 is 1.93 bits per heavy atom. The lowest BCUT2D eigenvalue weighted by Gasteiger charge is -2.12. The first-order valence-corrected chi connectivity index (χ1v) is 8.75. The molecule has 0 aliphatic carbocycles. The molecule has 0 fully saturated rings. The van der Waals surface area contributed by atoms with Crippen LogP contribution in [0.15, 0.2) is 36.4 Å². The number of amides is 1. The minimum Gasteiger partial charge on any atom is -0.476 e. The van der Waals surface area contributed by atoms with Gasteiger partial charge in [-0.25, -0.2) is 4.79 Å². The molecule has 0 saturated carbocycles. The van der Waals surface area contributed by atoms with Gasteiger partial charge in [0.2, 0.25) is 0 Å². The maximum Gasteiger partial charge on any atom is 0.357 e. The van der Waals surface area contributed by atoms with Crippen LogP contribution in [0.3, 0.4) is 0 Å². The summed E-state index contributed by atoms with van der Waals surface area (Å²) in [5, 5.41) is 29.4. The van der Waals surface area contributed by atoms with Gasteiger partial charge in [-0.2, -0.15) is 5.10 Å². The van der Waals surface area contributed by atoms with E-state index in [1.807, 2.05) is 0 Å². The van der Waals surface area contributed by atoms with E-state index in [-0.39, 0.29) is 24.6 Å². The second-order valence-corrected chi connectivity index (χ2v) is 6.69. The van der Waals surface area contributed by atoms with Crippen LogP contribution in [0.4, 0.5) is 0 Å². The normalized spacial score (nSPS) is 12.1. The predicted molar refractivity (Wildman–Crippen MR) is 101 cm³/mol. The fourth-order valence-corrected chi connectivity index (χ4v) is 2.94. The number of carboxylic acids is 1. The Balaban J connectivity index is 1.63. The monoisotopic (exact) mass is 407 g/mol. The lowest BCUT2D eigenvalue weighted by Crippen LogP contribution is -2.25. The number of H-pyrrole nitrogens is 1. The number of aliphatic hydroxyl groups excluding tert-OH is 1. The molecule has 3 aromatic rings. The molecule has 27 heavy (non-hydrogen) atoms. The summed E-state index contributed by atoms with van der Waals surface area (Å²) in [6, 6.07) is 9.47. The Morgan fingerprint density at radius 3 is 2.63 bits per heavy atom. The van der Waals surface area contributed by atoms with E-state index >= 15 is 0 Å². The fourth-order valence-electron chi connectivity index (χ4n) is 2.63. The van der Waals surface area contributed by atoms with Crippen molar-refractivity contribution in [2.45, 2.75) is 12.5 Å². The molecule has 0 saturated heterocycles. The van der Waals surface area contributed by atoms with Gasteiger partial charge >= 0.3 is 5.97 Å². The molecule has 0 spiro atoms. The smallest absolute Gasteiger partial charge is 0.357 e.